The van der Waals surface area contributed by atoms with Gasteiger partial charge < -0.3 is 15.0 Å². The molecule has 1 aromatic carbocycles. The highest BCUT2D eigenvalue weighted by atomic mass is 79.9. The van der Waals surface area contributed by atoms with E-state index in [4.69, 9.17) is 4.74 Å². The first-order valence-electron chi connectivity index (χ1n) is 7.10. The maximum absolute atomic E-state index is 5.43. The van der Waals surface area contributed by atoms with E-state index in [1.807, 2.05) is 18.2 Å². The SMILES string of the molecule is Brc1cccc(CNc2ccccc2N2CCOCC2)n1. The third kappa shape index (κ3) is 3.74. The van der Waals surface area contributed by atoms with Crippen LogP contribution in [0.2, 0.25) is 0 Å². The maximum Gasteiger partial charge on any atom is 0.106 e. The molecule has 2 heterocycles. The Labute approximate surface area is 133 Å². The third-order valence-corrected chi connectivity index (χ3v) is 3.93. The third-order valence-electron chi connectivity index (χ3n) is 3.49. The van der Waals surface area contributed by atoms with Crippen LogP contribution in [0, 0.1) is 0 Å². The second kappa shape index (κ2) is 6.91. The van der Waals surface area contributed by atoms with Crippen molar-refractivity contribution in [2.45, 2.75) is 6.54 Å². The van der Waals surface area contributed by atoms with Gasteiger partial charge in [0.15, 0.2) is 0 Å². The molecule has 0 bridgehead atoms. The van der Waals surface area contributed by atoms with Crippen molar-refractivity contribution in [2.24, 2.45) is 0 Å². The molecular formula is C16H18BrN3O. The van der Waals surface area contributed by atoms with Gasteiger partial charge in [-0.1, -0.05) is 18.2 Å². The standard InChI is InChI=1S/C16H18BrN3O/c17-16-7-3-4-13(19-16)12-18-14-5-1-2-6-15(14)20-8-10-21-11-9-20/h1-7,18H,8-12H2. The fourth-order valence-corrected chi connectivity index (χ4v) is 2.82. The zero-order valence-corrected chi connectivity index (χ0v) is 13.3. The minimum absolute atomic E-state index is 0.709. The van der Waals surface area contributed by atoms with Gasteiger partial charge >= 0.3 is 0 Å². The first kappa shape index (κ1) is 14.4. The summed E-state index contributed by atoms with van der Waals surface area (Å²) in [4.78, 5) is 6.81. The summed E-state index contributed by atoms with van der Waals surface area (Å²) >= 11 is 3.40. The van der Waals surface area contributed by atoms with Crippen LogP contribution in [0.25, 0.3) is 0 Å². The van der Waals surface area contributed by atoms with E-state index < -0.39 is 0 Å². The van der Waals surface area contributed by atoms with Crippen molar-refractivity contribution in [3.63, 3.8) is 0 Å². The van der Waals surface area contributed by atoms with E-state index in [1.165, 1.54) is 5.69 Å². The molecule has 21 heavy (non-hydrogen) atoms. The molecule has 0 unspecified atom stereocenters. The number of pyridine rings is 1. The van der Waals surface area contributed by atoms with Crippen molar-refractivity contribution in [1.82, 2.24) is 4.98 Å². The summed E-state index contributed by atoms with van der Waals surface area (Å²) in [6.07, 6.45) is 0. The number of aromatic nitrogens is 1. The van der Waals surface area contributed by atoms with Gasteiger partial charge in [0.05, 0.1) is 36.8 Å². The zero-order chi connectivity index (χ0) is 14.5. The van der Waals surface area contributed by atoms with E-state index in [1.54, 1.807) is 0 Å². The van der Waals surface area contributed by atoms with Crippen molar-refractivity contribution in [3.8, 4) is 0 Å². The average molecular weight is 348 g/mol. The van der Waals surface area contributed by atoms with Crippen molar-refractivity contribution in [1.29, 1.82) is 0 Å². The molecule has 1 aliphatic heterocycles. The number of nitrogens with one attached hydrogen (secondary N) is 1. The number of nitrogens with zero attached hydrogens (tertiary/aromatic N) is 2. The smallest absolute Gasteiger partial charge is 0.106 e. The number of hydrogen-bond donors (Lipinski definition) is 1. The van der Waals surface area contributed by atoms with Crippen LogP contribution in [-0.4, -0.2) is 31.3 Å². The summed E-state index contributed by atoms with van der Waals surface area (Å²) in [5, 5.41) is 3.49. The number of benzene rings is 1. The lowest BCUT2D eigenvalue weighted by atomic mass is 10.2. The fraction of sp³-hybridized carbons (Fsp3) is 0.312. The second-order valence-electron chi connectivity index (χ2n) is 4.92. The highest BCUT2D eigenvalue weighted by Gasteiger charge is 2.14. The molecule has 1 fully saturated rings. The Bertz CT molecular complexity index is 600. The van der Waals surface area contributed by atoms with Gasteiger partial charge in [-0.25, -0.2) is 4.98 Å². The van der Waals surface area contributed by atoms with Gasteiger partial charge in [-0.05, 0) is 40.2 Å². The Kier molecular flexibility index (Phi) is 4.72. The Morgan fingerprint density at radius 2 is 1.90 bits per heavy atom. The highest BCUT2D eigenvalue weighted by Crippen LogP contribution is 2.26. The number of halogens is 1. The van der Waals surface area contributed by atoms with E-state index in [0.717, 1.165) is 42.3 Å². The molecule has 0 spiro atoms. The normalized spacial score (nSPS) is 15.0. The predicted molar refractivity (Wildman–Crippen MR) is 88.7 cm³/mol. The molecule has 0 saturated carbocycles. The Balaban J connectivity index is 1.73. The van der Waals surface area contributed by atoms with Crippen molar-refractivity contribution in [3.05, 3.63) is 52.8 Å². The number of para-hydroxylation sites is 2. The minimum atomic E-state index is 0.709. The van der Waals surface area contributed by atoms with E-state index in [2.05, 4.69) is 55.4 Å². The molecule has 2 aromatic rings. The van der Waals surface area contributed by atoms with Crippen LogP contribution in [-0.2, 0) is 11.3 Å². The van der Waals surface area contributed by atoms with Crippen LogP contribution in [0.1, 0.15) is 5.69 Å². The van der Waals surface area contributed by atoms with Crippen LogP contribution < -0.4 is 10.2 Å². The molecule has 0 aliphatic carbocycles. The molecule has 0 amide bonds. The maximum atomic E-state index is 5.43. The zero-order valence-electron chi connectivity index (χ0n) is 11.8. The summed E-state index contributed by atoms with van der Waals surface area (Å²) < 4.78 is 6.29. The molecule has 1 aliphatic rings. The average Bonchev–Trinajstić information content (AvgIpc) is 2.54. The van der Waals surface area contributed by atoms with Crippen molar-refractivity contribution >= 4 is 27.3 Å². The van der Waals surface area contributed by atoms with Gasteiger partial charge in [0.1, 0.15) is 4.60 Å². The molecule has 5 heteroatoms. The molecule has 4 nitrogen and oxygen atoms in total. The van der Waals surface area contributed by atoms with Crippen molar-refractivity contribution in [2.75, 3.05) is 36.5 Å². The summed E-state index contributed by atoms with van der Waals surface area (Å²) in [7, 11) is 0. The van der Waals surface area contributed by atoms with Gasteiger partial charge in [0.2, 0.25) is 0 Å². The van der Waals surface area contributed by atoms with Crippen LogP contribution in [0.5, 0.6) is 0 Å². The van der Waals surface area contributed by atoms with Crippen LogP contribution in [0.15, 0.2) is 47.1 Å². The quantitative estimate of drug-likeness (QED) is 0.861. The largest absolute Gasteiger partial charge is 0.378 e. The molecule has 0 radical (unpaired) electrons. The number of hydrogen-bond acceptors (Lipinski definition) is 4. The molecule has 1 aromatic heterocycles. The summed E-state index contributed by atoms with van der Waals surface area (Å²) in [5.74, 6) is 0. The van der Waals surface area contributed by atoms with Crippen LogP contribution >= 0.6 is 15.9 Å². The summed E-state index contributed by atoms with van der Waals surface area (Å²) in [6.45, 7) is 4.17. The topological polar surface area (TPSA) is 37.4 Å². The molecule has 0 atom stereocenters. The Morgan fingerprint density at radius 1 is 1.10 bits per heavy atom. The van der Waals surface area contributed by atoms with Gasteiger partial charge in [-0.2, -0.15) is 0 Å². The molecule has 3 rings (SSSR count). The second-order valence-corrected chi connectivity index (χ2v) is 5.73. The lowest BCUT2D eigenvalue weighted by molar-refractivity contribution is 0.123. The van der Waals surface area contributed by atoms with E-state index in [-0.39, 0.29) is 0 Å². The van der Waals surface area contributed by atoms with Gasteiger partial charge in [-0.15, -0.1) is 0 Å². The van der Waals surface area contributed by atoms with Gasteiger partial charge in [-0.3, -0.25) is 0 Å². The lowest BCUT2D eigenvalue weighted by Crippen LogP contribution is -2.36. The molecular weight excluding hydrogens is 330 g/mol. The summed E-state index contributed by atoms with van der Waals surface area (Å²) in [5.41, 5.74) is 3.39. The first-order valence-corrected chi connectivity index (χ1v) is 7.89. The first-order chi connectivity index (χ1) is 10.3. The highest BCUT2D eigenvalue weighted by molar-refractivity contribution is 9.10. The van der Waals surface area contributed by atoms with Crippen molar-refractivity contribution < 1.29 is 4.74 Å². The minimum Gasteiger partial charge on any atom is -0.378 e. The van der Waals surface area contributed by atoms with E-state index in [9.17, 15) is 0 Å². The fourth-order valence-electron chi connectivity index (χ4n) is 2.44. The van der Waals surface area contributed by atoms with Crippen LogP contribution in [0.3, 0.4) is 0 Å². The molecule has 110 valence electrons. The number of anilines is 2. The van der Waals surface area contributed by atoms with E-state index in [0.29, 0.717) is 6.54 Å². The number of ether oxygens (including phenoxy) is 1. The Morgan fingerprint density at radius 3 is 2.71 bits per heavy atom. The van der Waals surface area contributed by atoms with Crippen LogP contribution in [0.4, 0.5) is 11.4 Å². The lowest BCUT2D eigenvalue weighted by Gasteiger charge is -2.30. The number of morpholine rings is 1. The molecule has 1 saturated heterocycles. The molecule has 1 N–H and O–H groups in total. The van der Waals surface area contributed by atoms with E-state index >= 15 is 0 Å². The Hall–Kier alpha value is -1.59. The van der Waals surface area contributed by atoms with Gasteiger partial charge in [0.25, 0.3) is 0 Å². The van der Waals surface area contributed by atoms with Gasteiger partial charge in [0, 0.05) is 13.1 Å². The summed E-state index contributed by atoms with van der Waals surface area (Å²) in [6, 6.07) is 14.4. The predicted octanol–water partition coefficient (Wildman–Crippen LogP) is 3.29. The number of rotatable bonds is 4. The monoisotopic (exact) mass is 347 g/mol.